The number of likely N-dealkylation sites (tertiary alicyclic amines) is 1. The summed E-state index contributed by atoms with van der Waals surface area (Å²) in [4.78, 5) is 2.68. The SMILES string of the molecule is CCCNC1(C#N)CCCC1CCN1C(C)CCCC1C. The third-order valence-corrected chi connectivity index (χ3v) is 5.82. The van der Waals surface area contributed by atoms with Crippen molar-refractivity contribution in [2.24, 2.45) is 5.92 Å². The number of hydrogen-bond donors (Lipinski definition) is 1. The number of piperidine rings is 1. The van der Waals surface area contributed by atoms with Crippen molar-refractivity contribution in [1.29, 1.82) is 5.26 Å². The Kier molecular flexibility index (Phi) is 6.08. The van der Waals surface area contributed by atoms with Crippen LogP contribution in [0.3, 0.4) is 0 Å². The summed E-state index contributed by atoms with van der Waals surface area (Å²) >= 11 is 0. The first-order valence-electron chi connectivity index (χ1n) is 9.05. The predicted octanol–water partition coefficient (Wildman–Crippen LogP) is 3.70. The Morgan fingerprint density at radius 3 is 2.52 bits per heavy atom. The van der Waals surface area contributed by atoms with Gasteiger partial charge in [0.1, 0.15) is 5.54 Å². The van der Waals surface area contributed by atoms with Crippen LogP contribution in [-0.2, 0) is 0 Å². The fourth-order valence-electron chi connectivity index (χ4n) is 4.46. The van der Waals surface area contributed by atoms with Gasteiger partial charge in [-0.2, -0.15) is 5.26 Å². The molecule has 2 fully saturated rings. The van der Waals surface area contributed by atoms with Crippen molar-refractivity contribution in [2.75, 3.05) is 13.1 Å². The summed E-state index contributed by atoms with van der Waals surface area (Å²) < 4.78 is 0. The second-order valence-electron chi connectivity index (χ2n) is 7.25. The minimum absolute atomic E-state index is 0.238. The monoisotopic (exact) mass is 291 g/mol. The third-order valence-electron chi connectivity index (χ3n) is 5.82. The summed E-state index contributed by atoms with van der Waals surface area (Å²) in [5.74, 6) is 0.537. The van der Waals surface area contributed by atoms with Crippen LogP contribution >= 0.6 is 0 Å². The number of rotatable bonds is 6. The van der Waals surface area contributed by atoms with Crippen molar-refractivity contribution in [1.82, 2.24) is 10.2 Å². The first-order valence-corrected chi connectivity index (χ1v) is 9.05. The van der Waals surface area contributed by atoms with Crippen LogP contribution < -0.4 is 5.32 Å². The lowest BCUT2D eigenvalue weighted by Crippen LogP contribution is -2.49. The molecule has 3 heteroatoms. The summed E-state index contributed by atoms with van der Waals surface area (Å²) in [6.45, 7) is 9.07. The fraction of sp³-hybridized carbons (Fsp3) is 0.944. The van der Waals surface area contributed by atoms with E-state index in [4.69, 9.17) is 0 Å². The lowest BCUT2D eigenvalue weighted by Gasteiger charge is -2.40. The number of nitriles is 1. The molecular weight excluding hydrogens is 258 g/mol. The highest BCUT2D eigenvalue weighted by Crippen LogP contribution is 2.38. The quantitative estimate of drug-likeness (QED) is 0.811. The second-order valence-corrected chi connectivity index (χ2v) is 7.25. The lowest BCUT2D eigenvalue weighted by molar-refractivity contribution is 0.0915. The number of nitrogens with one attached hydrogen (secondary N) is 1. The molecule has 2 rings (SSSR count). The van der Waals surface area contributed by atoms with Crippen molar-refractivity contribution in [3.8, 4) is 6.07 Å². The molecule has 1 N–H and O–H groups in total. The highest BCUT2D eigenvalue weighted by molar-refractivity contribution is 5.14. The molecule has 3 nitrogen and oxygen atoms in total. The molecule has 0 spiro atoms. The van der Waals surface area contributed by atoms with Gasteiger partial charge in [0.25, 0.3) is 0 Å². The van der Waals surface area contributed by atoms with E-state index in [1.165, 1.54) is 45.1 Å². The molecule has 0 aromatic rings. The Bertz CT molecular complexity index is 352. The summed E-state index contributed by atoms with van der Waals surface area (Å²) in [7, 11) is 0. The average molecular weight is 291 g/mol. The maximum absolute atomic E-state index is 9.73. The van der Waals surface area contributed by atoms with Gasteiger partial charge in [-0.1, -0.05) is 19.8 Å². The van der Waals surface area contributed by atoms with E-state index in [2.05, 4.69) is 37.1 Å². The highest BCUT2D eigenvalue weighted by atomic mass is 15.2. The second kappa shape index (κ2) is 7.61. The number of hydrogen-bond acceptors (Lipinski definition) is 3. The van der Waals surface area contributed by atoms with Gasteiger partial charge in [0.05, 0.1) is 6.07 Å². The molecule has 4 unspecified atom stereocenters. The summed E-state index contributed by atoms with van der Waals surface area (Å²) in [5, 5.41) is 13.3. The molecular formula is C18H33N3. The predicted molar refractivity (Wildman–Crippen MR) is 88.1 cm³/mol. The standard InChI is InChI=1S/C18H33N3/c1-4-12-20-18(14-19)11-6-9-17(18)10-13-21-15(2)7-5-8-16(21)3/h15-17,20H,4-13H2,1-3H3. The normalized spacial score (nSPS) is 37.5. The topological polar surface area (TPSA) is 39.1 Å². The Morgan fingerprint density at radius 2 is 1.90 bits per heavy atom. The van der Waals surface area contributed by atoms with E-state index in [1.54, 1.807) is 0 Å². The number of nitrogens with zero attached hydrogens (tertiary/aromatic N) is 2. The smallest absolute Gasteiger partial charge is 0.109 e. The Hall–Kier alpha value is -0.590. The molecule has 4 atom stereocenters. The first kappa shape index (κ1) is 16.8. The van der Waals surface area contributed by atoms with E-state index in [1.807, 2.05) is 0 Å². The third kappa shape index (κ3) is 3.79. The molecule has 0 aromatic heterocycles. The average Bonchev–Trinajstić information content (AvgIpc) is 2.88. The molecule has 2 aliphatic rings. The van der Waals surface area contributed by atoms with Crippen molar-refractivity contribution >= 4 is 0 Å². The molecule has 21 heavy (non-hydrogen) atoms. The van der Waals surface area contributed by atoms with Gasteiger partial charge in [0.2, 0.25) is 0 Å². The van der Waals surface area contributed by atoms with Crippen LogP contribution in [0.2, 0.25) is 0 Å². The molecule has 0 aromatic carbocycles. The molecule has 0 amide bonds. The van der Waals surface area contributed by atoms with Gasteiger partial charge in [-0.25, -0.2) is 0 Å². The Morgan fingerprint density at radius 1 is 1.19 bits per heavy atom. The van der Waals surface area contributed by atoms with E-state index < -0.39 is 0 Å². The van der Waals surface area contributed by atoms with Gasteiger partial charge in [-0.05, 0) is 71.4 Å². The molecule has 0 radical (unpaired) electrons. The van der Waals surface area contributed by atoms with Crippen LogP contribution in [0.15, 0.2) is 0 Å². The van der Waals surface area contributed by atoms with Gasteiger partial charge in [0.15, 0.2) is 0 Å². The minimum atomic E-state index is -0.238. The molecule has 1 saturated carbocycles. The van der Waals surface area contributed by atoms with Crippen molar-refractivity contribution in [3.63, 3.8) is 0 Å². The fourth-order valence-corrected chi connectivity index (χ4v) is 4.46. The largest absolute Gasteiger partial charge is 0.299 e. The maximum atomic E-state index is 9.73. The van der Waals surface area contributed by atoms with E-state index >= 15 is 0 Å². The van der Waals surface area contributed by atoms with Crippen LogP contribution in [0, 0.1) is 17.2 Å². The van der Waals surface area contributed by atoms with E-state index in [0.717, 1.165) is 31.5 Å². The van der Waals surface area contributed by atoms with Crippen LogP contribution in [0.25, 0.3) is 0 Å². The van der Waals surface area contributed by atoms with E-state index in [-0.39, 0.29) is 5.54 Å². The summed E-state index contributed by atoms with van der Waals surface area (Å²) in [5.41, 5.74) is -0.238. The molecule has 1 heterocycles. The molecule has 0 bridgehead atoms. The van der Waals surface area contributed by atoms with E-state index in [9.17, 15) is 5.26 Å². The highest BCUT2D eigenvalue weighted by Gasteiger charge is 2.42. The van der Waals surface area contributed by atoms with Crippen LogP contribution in [0.5, 0.6) is 0 Å². The molecule has 1 aliphatic carbocycles. The van der Waals surface area contributed by atoms with E-state index in [0.29, 0.717) is 5.92 Å². The van der Waals surface area contributed by atoms with Gasteiger partial charge in [-0.3, -0.25) is 10.2 Å². The van der Waals surface area contributed by atoms with Crippen molar-refractivity contribution in [2.45, 2.75) is 89.8 Å². The summed E-state index contributed by atoms with van der Waals surface area (Å²) in [6, 6.07) is 4.08. The van der Waals surface area contributed by atoms with Gasteiger partial charge < -0.3 is 0 Å². The summed E-state index contributed by atoms with van der Waals surface area (Å²) in [6.07, 6.45) is 9.82. The maximum Gasteiger partial charge on any atom is 0.109 e. The van der Waals surface area contributed by atoms with Gasteiger partial charge in [0, 0.05) is 12.1 Å². The van der Waals surface area contributed by atoms with Gasteiger partial charge in [-0.15, -0.1) is 0 Å². The lowest BCUT2D eigenvalue weighted by atomic mass is 9.85. The van der Waals surface area contributed by atoms with Crippen molar-refractivity contribution < 1.29 is 0 Å². The van der Waals surface area contributed by atoms with Crippen LogP contribution in [0.4, 0.5) is 0 Å². The molecule has 120 valence electrons. The molecule has 1 saturated heterocycles. The first-order chi connectivity index (χ1) is 10.1. The zero-order valence-electron chi connectivity index (χ0n) is 14.2. The molecule has 1 aliphatic heterocycles. The van der Waals surface area contributed by atoms with Crippen LogP contribution in [0.1, 0.15) is 72.1 Å². The van der Waals surface area contributed by atoms with Crippen molar-refractivity contribution in [3.05, 3.63) is 0 Å². The zero-order chi connectivity index (χ0) is 15.3. The minimum Gasteiger partial charge on any atom is -0.299 e. The van der Waals surface area contributed by atoms with Crippen LogP contribution in [-0.4, -0.2) is 35.6 Å². The Labute approximate surface area is 131 Å². The Balaban J connectivity index is 1.93. The van der Waals surface area contributed by atoms with Gasteiger partial charge >= 0.3 is 0 Å². The zero-order valence-corrected chi connectivity index (χ0v) is 14.2.